The van der Waals surface area contributed by atoms with Gasteiger partial charge in [-0.15, -0.1) is 16.9 Å². The van der Waals surface area contributed by atoms with E-state index in [0.29, 0.717) is 27.7 Å². The number of nitrogens with two attached hydrogens (primary N) is 1. The normalized spacial score (nSPS) is 17.7. The van der Waals surface area contributed by atoms with E-state index < -0.39 is 66.1 Å². The first-order valence-electron chi connectivity index (χ1n) is 12.8. The summed E-state index contributed by atoms with van der Waals surface area (Å²) in [5, 5.41) is 41.9. The number of anilines is 1. The SMILES string of the molecule is Cn1nnnc1SCC1=C(C(=O)O)N2C(=O)[C@@H](NC(=O)Cc3ccc(NC(=O)OC[C@H](N)C(=O)O)cc3)[C@H]2SC1.O=C(O)C(F)(F)F. The number of β-lactam (4-membered cyclic amide) rings is 1. The molecule has 3 atom stereocenters. The van der Waals surface area contributed by atoms with Gasteiger partial charge in [0.1, 0.15) is 29.8 Å². The molecule has 254 valence electrons. The second-order valence-corrected chi connectivity index (χ2v) is 11.5. The maximum atomic E-state index is 12.9. The molecule has 1 aromatic carbocycles. The number of alkyl halides is 3. The number of tetrazole rings is 1. The van der Waals surface area contributed by atoms with Gasteiger partial charge in [0.2, 0.25) is 11.1 Å². The number of nitrogens with zero attached hydrogens (tertiary/aromatic N) is 5. The number of aryl methyl sites for hydroxylation is 1. The summed E-state index contributed by atoms with van der Waals surface area (Å²) in [4.78, 5) is 70.1. The molecule has 47 heavy (non-hydrogen) atoms. The molecular formula is C24H25F3N8O10S2. The Morgan fingerprint density at radius 3 is 2.34 bits per heavy atom. The van der Waals surface area contributed by atoms with Crippen LogP contribution in [0.25, 0.3) is 0 Å². The molecule has 0 spiro atoms. The third kappa shape index (κ3) is 9.79. The van der Waals surface area contributed by atoms with Gasteiger partial charge in [-0.1, -0.05) is 23.9 Å². The molecule has 2 aliphatic heterocycles. The van der Waals surface area contributed by atoms with Gasteiger partial charge in [-0.2, -0.15) is 13.2 Å². The molecule has 0 unspecified atom stereocenters. The Balaban J connectivity index is 0.000000771. The van der Waals surface area contributed by atoms with Crippen molar-refractivity contribution < 1.29 is 62.0 Å². The number of carboxylic acids is 3. The van der Waals surface area contributed by atoms with Gasteiger partial charge < -0.3 is 31.1 Å². The minimum atomic E-state index is -5.08. The summed E-state index contributed by atoms with van der Waals surface area (Å²) < 4.78 is 37.9. The largest absolute Gasteiger partial charge is 0.490 e. The van der Waals surface area contributed by atoms with Crippen LogP contribution < -0.4 is 16.4 Å². The molecule has 0 aliphatic carbocycles. The third-order valence-corrected chi connectivity index (χ3v) is 8.48. The van der Waals surface area contributed by atoms with E-state index in [-0.39, 0.29) is 17.9 Å². The van der Waals surface area contributed by atoms with Crippen molar-refractivity contribution >= 4 is 65.0 Å². The minimum absolute atomic E-state index is 0.0609. The van der Waals surface area contributed by atoms with Crippen molar-refractivity contribution in [3.05, 3.63) is 41.1 Å². The number of ether oxygens (including phenoxy) is 1. The Morgan fingerprint density at radius 2 is 1.81 bits per heavy atom. The number of carbonyl (C=O) groups excluding carboxylic acids is 3. The standard InChI is InChI=1S/C22H24N8O8S2.C2HF3O2/c1-29-21(26-27-28-29)40-9-11-8-39-18-15(17(32)30(18)16(11)20(35)36)25-14(31)6-10-2-4-12(5-3-10)24-22(37)38-7-13(23)19(33)34;3-2(4,5)1(6)7/h2-5,13,15,18H,6-9,23H2,1H3,(H,24,37)(H,25,31)(H,33,34)(H,35,36);(H,6,7)/t13-,15+,18+;/m0./s1. The number of thioether (sulfide) groups is 2. The Morgan fingerprint density at radius 1 is 1.17 bits per heavy atom. The van der Waals surface area contributed by atoms with Gasteiger partial charge in [0, 0.05) is 24.2 Å². The van der Waals surface area contributed by atoms with E-state index in [9.17, 15) is 42.3 Å². The summed E-state index contributed by atoms with van der Waals surface area (Å²) in [5.74, 6) is -5.58. The van der Waals surface area contributed by atoms with Crippen molar-refractivity contribution in [2.75, 3.05) is 23.4 Å². The molecule has 1 saturated heterocycles. The number of aliphatic carboxylic acids is 3. The molecule has 2 aliphatic rings. The first kappa shape index (κ1) is 36.6. The van der Waals surface area contributed by atoms with Crippen LogP contribution in [0.3, 0.4) is 0 Å². The second-order valence-electron chi connectivity index (χ2n) is 9.43. The molecular weight excluding hydrogens is 681 g/mol. The Hall–Kier alpha value is -4.90. The fourth-order valence-electron chi connectivity index (χ4n) is 3.80. The second kappa shape index (κ2) is 15.6. The van der Waals surface area contributed by atoms with Crippen LogP contribution in [0.1, 0.15) is 5.56 Å². The number of carbonyl (C=O) groups is 6. The van der Waals surface area contributed by atoms with Crippen molar-refractivity contribution in [1.82, 2.24) is 30.4 Å². The molecule has 1 fully saturated rings. The lowest BCUT2D eigenvalue weighted by Gasteiger charge is -2.49. The van der Waals surface area contributed by atoms with Crippen molar-refractivity contribution in [1.29, 1.82) is 0 Å². The Kier molecular flexibility index (Phi) is 12.1. The first-order valence-corrected chi connectivity index (χ1v) is 14.9. The lowest BCUT2D eigenvalue weighted by molar-refractivity contribution is -0.192. The highest BCUT2D eigenvalue weighted by Crippen LogP contribution is 2.41. The number of halogens is 3. The van der Waals surface area contributed by atoms with E-state index in [2.05, 4.69) is 26.2 Å². The van der Waals surface area contributed by atoms with E-state index in [4.69, 9.17) is 25.5 Å². The van der Waals surface area contributed by atoms with Gasteiger partial charge in [-0.25, -0.2) is 19.1 Å². The van der Waals surface area contributed by atoms with E-state index in [1.165, 1.54) is 45.2 Å². The molecule has 23 heteroatoms. The zero-order chi connectivity index (χ0) is 35.1. The molecule has 3 amide bonds. The summed E-state index contributed by atoms with van der Waals surface area (Å²) in [6, 6.07) is 4.02. The number of aromatic nitrogens is 4. The molecule has 0 radical (unpaired) electrons. The molecule has 7 N–H and O–H groups in total. The van der Waals surface area contributed by atoms with Gasteiger partial charge >= 0.3 is 30.2 Å². The van der Waals surface area contributed by atoms with Crippen molar-refractivity contribution in [2.45, 2.75) is 35.2 Å². The van der Waals surface area contributed by atoms with E-state index in [0.717, 1.165) is 0 Å². The molecule has 3 heterocycles. The minimum Gasteiger partial charge on any atom is -0.480 e. The number of benzene rings is 1. The topological polar surface area (TPSA) is 269 Å². The van der Waals surface area contributed by atoms with Crippen LogP contribution in [-0.2, 0) is 42.2 Å². The van der Waals surface area contributed by atoms with Crippen LogP contribution >= 0.6 is 23.5 Å². The molecule has 2 aromatic rings. The number of amides is 3. The molecule has 1 aromatic heterocycles. The van der Waals surface area contributed by atoms with Crippen molar-refractivity contribution in [3.8, 4) is 0 Å². The average molecular weight is 707 g/mol. The number of rotatable bonds is 11. The van der Waals surface area contributed by atoms with Gasteiger partial charge in [-0.05, 0) is 33.7 Å². The van der Waals surface area contributed by atoms with Crippen molar-refractivity contribution in [2.24, 2.45) is 12.8 Å². The van der Waals surface area contributed by atoms with Crippen LogP contribution in [0, 0.1) is 0 Å². The van der Waals surface area contributed by atoms with Crippen LogP contribution in [0.4, 0.5) is 23.7 Å². The molecule has 18 nitrogen and oxygen atoms in total. The van der Waals surface area contributed by atoms with Crippen LogP contribution in [0.5, 0.6) is 0 Å². The highest BCUT2D eigenvalue weighted by atomic mass is 32.2. The molecule has 4 rings (SSSR count). The van der Waals surface area contributed by atoms with Crippen LogP contribution in [0.15, 0.2) is 40.7 Å². The monoisotopic (exact) mass is 706 g/mol. The van der Waals surface area contributed by atoms with Crippen LogP contribution in [0.2, 0.25) is 0 Å². The Labute approximate surface area is 269 Å². The highest BCUT2D eigenvalue weighted by molar-refractivity contribution is 8.01. The smallest absolute Gasteiger partial charge is 0.480 e. The van der Waals surface area contributed by atoms with Crippen LogP contribution in [-0.4, -0.2) is 118 Å². The predicted octanol–water partition coefficient (Wildman–Crippen LogP) is -0.123. The average Bonchev–Trinajstić information content (AvgIpc) is 3.41. The maximum Gasteiger partial charge on any atom is 0.490 e. The van der Waals surface area contributed by atoms with E-state index in [1.54, 1.807) is 19.2 Å². The number of fused-ring (bicyclic) bond motifs is 1. The third-order valence-electron chi connectivity index (χ3n) is 6.04. The summed E-state index contributed by atoms with van der Waals surface area (Å²) in [5.41, 5.74) is 6.68. The summed E-state index contributed by atoms with van der Waals surface area (Å²) >= 11 is 2.62. The van der Waals surface area contributed by atoms with Crippen molar-refractivity contribution in [3.63, 3.8) is 0 Å². The number of carboxylic acid groups (broad SMARTS) is 3. The first-order chi connectivity index (χ1) is 22.0. The lowest BCUT2D eigenvalue weighted by atomic mass is 10.0. The van der Waals surface area contributed by atoms with E-state index in [1.807, 2.05) is 0 Å². The number of hydrogen-bond acceptors (Lipinski definition) is 13. The van der Waals surface area contributed by atoms with E-state index >= 15 is 0 Å². The van der Waals surface area contributed by atoms with Gasteiger partial charge in [-0.3, -0.25) is 24.6 Å². The van der Waals surface area contributed by atoms with Gasteiger partial charge in [0.15, 0.2) is 0 Å². The summed E-state index contributed by atoms with van der Waals surface area (Å²) in [6.45, 7) is -0.499. The van der Waals surface area contributed by atoms with Gasteiger partial charge in [0.05, 0.1) is 6.42 Å². The molecule has 0 saturated carbocycles. The number of nitrogens with one attached hydrogen (secondary N) is 2. The fourth-order valence-corrected chi connectivity index (χ4v) is 6.13. The quantitative estimate of drug-likeness (QED) is 0.131. The zero-order valence-electron chi connectivity index (χ0n) is 23.8. The lowest BCUT2D eigenvalue weighted by Crippen LogP contribution is -2.70. The molecule has 0 bridgehead atoms. The zero-order valence-corrected chi connectivity index (χ0v) is 25.5. The number of hydrogen-bond donors (Lipinski definition) is 6. The summed E-state index contributed by atoms with van der Waals surface area (Å²) in [6.07, 6.45) is -6.03. The predicted molar refractivity (Wildman–Crippen MR) is 154 cm³/mol. The fraction of sp³-hybridized carbons (Fsp3) is 0.375. The summed E-state index contributed by atoms with van der Waals surface area (Å²) in [7, 11) is 1.66. The maximum absolute atomic E-state index is 12.9. The Bertz CT molecular complexity index is 1570. The van der Waals surface area contributed by atoms with Gasteiger partial charge in [0.25, 0.3) is 5.91 Å². The highest BCUT2D eigenvalue weighted by Gasteiger charge is 2.54.